The second-order valence-corrected chi connectivity index (χ2v) is 8.17. The Bertz CT molecular complexity index is 1260. The van der Waals surface area contributed by atoms with Crippen LogP contribution in [-0.4, -0.2) is 35.4 Å². The second kappa shape index (κ2) is 7.81. The van der Waals surface area contributed by atoms with Crippen LogP contribution >= 0.6 is 0 Å². The molecule has 33 heavy (non-hydrogen) atoms. The summed E-state index contributed by atoms with van der Waals surface area (Å²) in [4.78, 5) is 41.3. The maximum absolute atomic E-state index is 14.1. The minimum atomic E-state index is -1.75. The highest BCUT2D eigenvalue weighted by molar-refractivity contribution is 6.46. The summed E-state index contributed by atoms with van der Waals surface area (Å²) in [5, 5.41) is 6.04. The van der Waals surface area contributed by atoms with Crippen LogP contribution in [0, 0.1) is 6.92 Å². The summed E-state index contributed by atoms with van der Waals surface area (Å²) in [5.74, 6) is -2.32. The van der Waals surface area contributed by atoms with Crippen molar-refractivity contribution in [3.8, 4) is 0 Å². The van der Waals surface area contributed by atoms with E-state index in [4.69, 9.17) is 4.74 Å². The van der Waals surface area contributed by atoms with E-state index in [1.165, 1.54) is 5.01 Å². The number of fused-ring (bicyclic) bond motifs is 1. The number of carbonyl (C=O) groups is 3. The van der Waals surface area contributed by atoms with Crippen molar-refractivity contribution in [2.75, 3.05) is 11.6 Å². The molecule has 0 unspecified atom stereocenters. The fourth-order valence-electron chi connectivity index (χ4n) is 4.76. The number of nitrogens with zero attached hydrogens (tertiary/aromatic N) is 2. The topological polar surface area (TPSA) is 76.0 Å². The third kappa shape index (κ3) is 2.94. The molecule has 0 aromatic heterocycles. The van der Waals surface area contributed by atoms with Gasteiger partial charge in [-0.15, -0.1) is 0 Å². The zero-order chi connectivity index (χ0) is 23.2. The first-order valence-electron chi connectivity index (χ1n) is 10.9. The van der Waals surface area contributed by atoms with E-state index in [0.29, 0.717) is 22.4 Å². The summed E-state index contributed by atoms with van der Waals surface area (Å²) in [6.07, 6.45) is 0. The number of Topliss-reactive ketones (excluding diaryl/α,β-unsaturated/α-hetero) is 2. The lowest BCUT2D eigenvalue weighted by atomic mass is 9.73. The SMILES string of the molecule is CCOC(=O)C1=NN(c2ccccc2)C2(C(=O)c3ccccc3C2=O)[C@@H]1c1ccc(C)cc1. The Labute approximate surface area is 191 Å². The van der Waals surface area contributed by atoms with E-state index in [9.17, 15) is 14.4 Å². The quantitative estimate of drug-likeness (QED) is 0.448. The molecule has 0 saturated carbocycles. The summed E-state index contributed by atoms with van der Waals surface area (Å²) in [6, 6.07) is 23.3. The van der Waals surface area contributed by atoms with Crippen molar-refractivity contribution in [3.05, 3.63) is 101 Å². The number of esters is 1. The van der Waals surface area contributed by atoms with Crippen LogP contribution in [0.1, 0.15) is 44.7 Å². The van der Waals surface area contributed by atoms with Crippen molar-refractivity contribution in [2.24, 2.45) is 5.10 Å². The van der Waals surface area contributed by atoms with Crippen molar-refractivity contribution in [1.82, 2.24) is 0 Å². The maximum Gasteiger partial charge on any atom is 0.355 e. The van der Waals surface area contributed by atoms with Crippen molar-refractivity contribution >= 4 is 28.9 Å². The third-order valence-electron chi connectivity index (χ3n) is 6.24. The summed E-state index contributed by atoms with van der Waals surface area (Å²) in [7, 11) is 0. The Hall–Kier alpha value is -4.06. The molecule has 6 heteroatoms. The first-order valence-corrected chi connectivity index (χ1v) is 10.9. The molecule has 3 aromatic rings. The summed E-state index contributed by atoms with van der Waals surface area (Å²) < 4.78 is 5.32. The minimum Gasteiger partial charge on any atom is -0.461 e. The molecule has 0 radical (unpaired) electrons. The Morgan fingerprint density at radius 2 is 1.48 bits per heavy atom. The Morgan fingerprint density at radius 3 is 2.06 bits per heavy atom. The number of aryl methyl sites for hydroxylation is 1. The number of hydrogen-bond acceptors (Lipinski definition) is 6. The maximum atomic E-state index is 14.1. The van der Waals surface area contributed by atoms with Gasteiger partial charge in [-0.1, -0.05) is 72.3 Å². The van der Waals surface area contributed by atoms with E-state index in [-0.39, 0.29) is 23.9 Å². The molecule has 1 spiro atoms. The van der Waals surface area contributed by atoms with Crippen LogP contribution in [0.5, 0.6) is 0 Å². The number of para-hydroxylation sites is 1. The standard InChI is InChI=1S/C27H22N2O4/c1-3-33-26(32)23-22(18-15-13-17(2)14-16-18)27(29(28-23)19-9-5-4-6-10-19)24(30)20-11-7-8-12-21(20)25(27)31/h4-16,22H,3H2,1-2H3/t22-/m1/s1. The Kier molecular flexibility index (Phi) is 4.93. The van der Waals surface area contributed by atoms with Crippen LogP contribution in [0.3, 0.4) is 0 Å². The molecule has 1 heterocycles. The van der Waals surface area contributed by atoms with E-state index in [0.717, 1.165) is 5.56 Å². The molecule has 0 fully saturated rings. The number of carbonyl (C=O) groups excluding carboxylic acids is 3. The molecule has 2 aliphatic rings. The number of benzene rings is 3. The molecule has 0 amide bonds. The van der Waals surface area contributed by atoms with Gasteiger partial charge in [0, 0.05) is 11.1 Å². The molecular weight excluding hydrogens is 416 g/mol. The zero-order valence-electron chi connectivity index (χ0n) is 18.3. The monoisotopic (exact) mass is 438 g/mol. The second-order valence-electron chi connectivity index (χ2n) is 8.17. The van der Waals surface area contributed by atoms with Crippen LogP contribution in [0.2, 0.25) is 0 Å². The number of rotatable bonds is 4. The van der Waals surface area contributed by atoms with Crippen molar-refractivity contribution in [3.63, 3.8) is 0 Å². The van der Waals surface area contributed by atoms with Gasteiger partial charge in [0.2, 0.25) is 5.54 Å². The predicted molar refractivity (Wildman–Crippen MR) is 125 cm³/mol. The van der Waals surface area contributed by atoms with Crippen LogP contribution in [0.25, 0.3) is 0 Å². The number of ether oxygens (including phenoxy) is 1. The van der Waals surface area contributed by atoms with E-state index in [1.54, 1.807) is 55.5 Å². The molecule has 0 bridgehead atoms. The molecule has 5 rings (SSSR count). The van der Waals surface area contributed by atoms with Gasteiger partial charge in [-0.05, 0) is 31.5 Å². The van der Waals surface area contributed by atoms with Gasteiger partial charge in [-0.3, -0.25) is 9.59 Å². The lowest BCUT2D eigenvalue weighted by Crippen LogP contribution is -2.57. The van der Waals surface area contributed by atoms with E-state index in [1.807, 2.05) is 37.3 Å². The molecule has 164 valence electrons. The Morgan fingerprint density at radius 1 is 0.909 bits per heavy atom. The van der Waals surface area contributed by atoms with Gasteiger partial charge in [-0.2, -0.15) is 5.10 Å². The van der Waals surface area contributed by atoms with Gasteiger partial charge >= 0.3 is 5.97 Å². The lowest BCUT2D eigenvalue weighted by molar-refractivity contribution is -0.135. The molecule has 3 aromatic carbocycles. The Balaban J connectivity index is 1.81. The molecular formula is C27H22N2O4. The van der Waals surface area contributed by atoms with Crippen molar-refractivity contribution in [1.29, 1.82) is 0 Å². The van der Waals surface area contributed by atoms with Crippen LogP contribution in [0.4, 0.5) is 5.69 Å². The highest BCUT2D eigenvalue weighted by Gasteiger charge is 2.67. The normalized spacial score (nSPS) is 18.4. The summed E-state index contributed by atoms with van der Waals surface area (Å²) in [6.45, 7) is 3.81. The molecule has 1 aliphatic carbocycles. The highest BCUT2D eigenvalue weighted by atomic mass is 16.5. The van der Waals surface area contributed by atoms with Crippen molar-refractivity contribution in [2.45, 2.75) is 25.3 Å². The molecule has 1 atom stereocenters. The van der Waals surface area contributed by atoms with E-state index in [2.05, 4.69) is 5.10 Å². The van der Waals surface area contributed by atoms with E-state index >= 15 is 0 Å². The fraction of sp³-hybridized carbons (Fsp3) is 0.185. The number of hydrogen-bond donors (Lipinski definition) is 0. The van der Waals surface area contributed by atoms with Crippen LogP contribution < -0.4 is 5.01 Å². The first-order chi connectivity index (χ1) is 16.0. The van der Waals surface area contributed by atoms with Gasteiger partial charge in [0.15, 0.2) is 17.3 Å². The summed E-state index contributed by atoms with van der Waals surface area (Å²) in [5.41, 5.74) is 1.18. The minimum absolute atomic E-state index is 0.0408. The van der Waals surface area contributed by atoms with Gasteiger partial charge in [0.05, 0.1) is 18.2 Å². The summed E-state index contributed by atoms with van der Waals surface area (Å²) >= 11 is 0. The van der Waals surface area contributed by atoms with Gasteiger partial charge in [0.25, 0.3) is 0 Å². The van der Waals surface area contributed by atoms with Gasteiger partial charge in [0.1, 0.15) is 0 Å². The number of ketones is 2. The van der Waals surface area contributed by atoms with Crippen LogP contribution in [-0.2, 0) is 9.53 Å². The number of anilines is 1. The first kappa shape index (κ1) is 20.8. The molecule has 6 nitrogen and oxygen atoms in total. The smallest absolute Gasteiger partial charge is 0.355 e. The predicted octanol–water partition coefficient (Wildman–Crippen LogP) is 4.34. The third-order valence-corrected chi connectivity index (χ3v) is 6.24. The average Bonchev–Trinajstić information content (AvgIpc) is 3.31. The van der Waals surface area contributed by atoms with Gasteiger partial charge in [-0.25, -0.2) is 9.80 Å². The molecule has 0 N–H and O–H groups in total. The molecule has 0 saturated heterocycles. The number of hydrazone groups is 1. The largest absolute Gasteiger partial charge is 0.461 e. The zero-order valence-corrected chi connectivity index (χ0v) is 18.3. The van der Waals surface area contributed by atoms with E-state index < -0.39 is 17.4 Å². The fourth-order valence-corrected chi connectivity index (χ4v) is 4.76. The van der Waals surface area contributed by atoms with Crippen molar-refractivity contribution < 1.29 is 19.1 Å². The van der Waals surface area contributed by atoms with Crippen LogP contribution in [0.15, 0.2) is 84.0 Å². The average molecular weight is 438 g/mol. The lowest BCUT2D eigenvalue weighted by Gasteiger charge is -2.35. The molecule has 1 aliphatic heterocycles. The highest BCUT2D eigenvalue weighted by Crippen LogP contribution is 2.50. The van der Waals surface area contributed by atoms with Gasteiger partial charge < -0.3 is 4.74 Å².